The number of hydrogen-bond donors (Lipinski definition) is 2. The van der Waals surface area contributed by atoms with Crippen molar-refractivity contribution in [2.75, 3.05) is 0 Å². The normalized spacial score (nSPS) is 10.5. The van der Waals surface area contributed by atoms with E-state index in [0.29, 0.717) is 22.9 Å². The number of aromatic nitrogens is 3. The maximum Gasteiger partial charge on any atom is 0.149 e. The van der Waals surface area contributed by atoms with Crippen molar-refractivity contribution in [1.29, 1.82) is 5.41 Å². The van der Waals surface area contributed by atoms with E-state index >= 15 is 0 Å². The summed E-state index contributed by atoms with van der Waals surface area (Å²) in [6, 6.07) is 4.33. The molecule has 0 radical (unpaired) electrons. The zero-order valence-corrected chi connectivity index (χ0v) is 9.53. The lowest BCUT2D eigenvalue weighted by atomic mass is 10.2. The summed E-state index contributed by atoms with van der Waals surface area (Å²) in [5.41, 5.74) is 5.93. The van der Waals surface area contributed by atoms with Crippen molar-refractivity contribution < 1.29 is 4.39 Å². The summed E-state index contributed by atoms with van der Waals surface area (Å²) in [6.45, 7) is 3.49. The first kappa shape index (κ1) is 11.3. The number of nitrogens with zero attached hydrogens (tertiary/aromatic N) is 3. The van der Waals surface area contributed by atoms with E-state index in [9.17, 15) is 4.39 Å². The smallest absolute Gasteiger partial charge is 0.149 e. The maximum atomic E-state index is 13.8. The number of aryl methyl sites for hydroxylation is 2. The lowest BCUT2D eigenvalue weighted by Gasteiger charge is -2.06. The highest BCUT2D eigenvalue weighted by molar-refractivity contribution is 5.95. The van der Waals surface area contributed by atoms with Crippen LogP contribution < -0.4 is 5.73 Å². The summed E-state index contributed by atoms with van der Waals surface area (Å²) in [4.78, 5) is 4.10. The van der Waals surface area contributed by atoms with E-state index in [1.807, 2.05) is 0 Å². The van der Waals surface area contributed by atoms with Crippen LogP contribution in [-0.2, 0) is 0 Å². The van der Waals surface area contributed by atoms with E-state index in [2.05, 4.69) is 10.1 Å². The quantitative estimate of drug-likeness (QED) is 0.606. The van der Waals surface area contributed by atoms with Gasteiger partial charge in [-0.05, 0) is 32.0 Å². The molecule has 0 fully saturated rings. The molecule has 0 saturated heterocycles. The van der Waals surface area contributed by atoms with Crippen molar-refractivity contribution in [3.63, 3.8) is 0 Å². The Morgan fingerprint density at radius 2 is 2.12 bits per heavy atom. The monoisotopic (exact) mass is 233 g/mol. The molecule has 2 rings (SSSR count). The van der Waals surface area contributed by atoms with E-state index < -0.39 is 5.82 Å². The van der Waals surface area contributed by atoms with Gasteiger partial charge in [-0.15, -0.1) is 0 Å². The Balaban J connectivity index is 2.54. The fourth-order valence-electron chi connectivity index (χ4n) is 1.60. The Labute approximate surface area is 97.6 Å². The van der Waals surface area contributed by atoms with Gasteiger partial charge in [0.1, 0.15) is 29.0 Å². The molecule has 0 bridgehead atoms. The number of amidine groups is 1. The van der Waals surface area contributed by atoms with Crippen molar-refractivity contribution in [3.05, 3.63) is 41.2 Å². The van der Waals surface area contributed by atoms with Gasteiger partial charge in [-0.3, -0.25) is 5.41 Å². The van der Waals surface area contributed by atoms with Crippen LogP contribution in [0.3, 0.4) is 0 Å². The average Bonchev–Trinajstić information content (AvgIpc) is 2.57. The highest BCUT2D eigenvalue weighted by Crippen LogP contribution is 2.15. The number of rotatable bonds is 2. The molecule has 0 aliphatic carbocycles. The first-order valence-corrected chi connectivity index (χ1v) is 5.03. The van der Waals surface area contributed by atoms with E-state index in [-0.39, 0.29) is 5.84 Å². The zero-order valence-electron chi connectivity index (χ0n) is 9.53. The minimum atomic E-state index is -0.481. The largest absolute Gasteiger partial charge is 0.384 e. The second-order valence-corrected chi connectivity index (χ2v) is 3.70. The van der Waals surface area contributed by atoms with Crippen molar-refractivity contribution in [2.24, 2.45) is 5.73 Å². The number of nitrogen functional groups attached to an aromatic ring is 1. The molecular formula is C11H12FN5. The predicted octanol–water partition coefficient (Wildman–Crippen LogP) is 1.31. The van der Waals surface area contributed by atoms with Crippen LogP contribution in [0.4, 0.5) is 4.39 Å². The fourth-order valence-corrected chi connectivity index (χ4v) is 1.60. The van der Waals surface area contributed by atoms with Crippen LogP contribution in [0.15, 0.2) is 18.2 Å². The lowest BCUT2D eigenvalue weighted by molar-refractivity contribution is 0.607. The third-order valence-corrected chi connectivity index (χ3v) is 2.36. The lowest BCUT2D eigenvalue weighted by Crippen LogP contribution is -2.12. The Bertz CT molecular complexity index is 588. The second kappa shape index (κ2) is 3.97. The fraction of sp³-hybridized carbons (Fsp3) is 0.182. The van der Waals surface area contributed by atoms with Crippen molar-refractivity contribution in [3.8, 4) is 5.69 Å². The minimum Gasteiger partial charge on any atom is -0.384 e. The molecule has 0 aliphatic rings. The van der Waals surface area contributed by atoms with Gasteiger partial charge < -0.3 is 5.73 Å². The average molecular weight is 233 g/mol. The summed E-state index contributed by atoms with van der Waals surface area (Å²) in [5.74, 6) is 0.544. The van der Waals surface area contributed by atoms with Crippen LogP contribution >= 0.6 is 0 Å². The number of benzene rings is 1. The molecule has 1 aromatic heterocycles. The summed E-state index contributed by atoms with van der Waals surface area (Å²) in [7, 11) is 0. The van der Waals surface area contributed by atoms with Gasteiger partial charge in [0.05, 0.1) is 0 Å². The Morgan fingerprint density at radius 3 is 2.59 bits per heavy atom. The Hall–Kier alpha value is -2.24. The van der Waals surface area contributed by atoms with E-state index in [1.165, 1.54) is 16.8 Å². The summed E-state index contributed by atoms with van der Waals surface area (Å²) < 4.78 is 15.3. The van der Waals surface area contributed by atoms with Crippen LogP contribution in [0.1, 0.15) is 17.2 Å². The number of hydrogen-bond acceptors (Lipinski definition) is 3. The van der Waals surface area contributed by atoms with Gasteiger partial charge in [-0.25, -0.2) is 14.1 Å². The van der Waals surface area contributed by atoms with Gasteiger partial charge in [0.15, 0.2) is 0 Å². The molecule has 0 amide bonds. The summed E-state index contributed by atoms with van der Waals surface area (Å²) >= 11 is 0. The molecule has 3 N–H and O–H groups in total. The maximum absolute atomic E-state index is 13.8. The number of nitrogens with two attached hydrogens (primary N) is 1. The third kappa shape index (κ3) is 2.01. The molecule has 1 aromatic carbocycles. The topological polar surface area (TPSA) is 80.6 Å². The minimum absolute atomic E-state index is 0.165. The molecule has 0 unspecified atom stereocenters. The van der Waals surface area contributed by atoms with Crippen LogP contribution in [0.25, 0.3) is 5.69 Å². The van der Waals surface area contributed by atoms with Gasteiger partial charge >= 0.3 is 0 Å². The van der Waals surface area contributed by atoms with E-state index in [0.717, 1.165) is 0 Å². The van der Waals surface area contributed by atoms with E-state index in [1.54, 1.807) is 19.9 Å². The molecular weight excluding hydrogens is 221 g/mol. The molecule has 88 valence electrons. The molecule has 6 heteroatoms. The van der Waals surface area contributed by atoms with Gasteiger partial charge in [0.25, 0.3) is 0 Å². The first-order valence-electron chi connectivity index (χ1n) is 5.03. The van der Waals surface area contributed by atoms with Crippen molar-refractivity contribution in [1.82, 2.24) is 14.8 Å². The number of halogens is 1. The van der Waals surface area contributed by atoms with Crippen LogP contribution in [0, 0.1) is 25.1 Å². The standard InChI is InChI=1S/C11H12FN5/c1-6-15-7(2)17(16-6)10-4-3-8(11(13)14)5-9(10)12/h3-5H,1-2H3,(H3,13,14). The van der Waals surface area contributed by atoms with Crippen LogP contribution in [0.2, 0.25) is 0 Å². The number of nitrogens with one attached hydrogen (secondary N) is 1. The molecule has 1 heterocycles. The predicted molar refractivity (Wildman–Crippen MR) is 61.8 cm³/mol. The molecule has 0 aliphatic heterocycles. The highest BCUT2D eigenvalue weighted by atomic mass is 19.1. The first-order chi connectivity index (χ1) is 7.99. The van der Waals surface area contributed by atoms with Gasteiger partial charge in [0.2, 0.25) is 0 Å². The SMILES string of the molecule is Cc1nc(C)n(-c2ccc(C(=N)N)cc2F)n1. The summed E-state index contributed by atoms with van der Waals surface area (Å²) in [6.07, 6.45) is 0. The molecule has 0 spiro atoms. The van der Waals surface area contributed by atoms with Crippen LogP contribution in [-0.4, -0.2) is 20.6 Å². The van der Waals surface area contributed by atoms with E-state index in [4.69, 9.17) is 11.1 Å². The summed E-state index contributed by atoms with van der Waals surface area (Å²) in [5, 5.41) is 11.3. The van der Waals surface area contributed by atoms with Crippen molar-refractivity contribution >= 4 is 5.84 Å². The molecule has 0 atom stereocenters. The Morgan fingerprint density at radius 1 is 1.41 bits per heavy atom. The zero-order chi connectivity index (χ0) is 12.6. The third-order valence-electron chi connectivity index (χ3n) is 2.36. The van der Waals surface area contributed by atoms with Gasteiger partial charge in [-0.1, -0.05) is 0 Å². The molecule has 5 nitrogen and oxygen atoms in total. The second-order valence-electron chi connectivity index (χ2n) is 3.70. The van der Waals surface area contributed by atoms with Gasteiger partial charge in [0, 0.05) is 5.56 Å². The molecule has 17 heavy (non-hydrogen) atoms. The van der Waals surface area contributed by atoms with Gasteiger partial charge in [-0.2, -0.15) is 5.10 Å². The molecule has 2 aromatic rings. The highest BCUT2D eigenvalue weighted by Gasteiger charge is 2.11. The van der Waals surface area contributed by atoms with Crippen molar-refractivity contribution in [2.45, 2.75) is 13.8 Å². The van der Waals surface area contributed by atoms with Crippen LogP contribution in [0.5, 0.6) is 0 Å². The Kier molecular flexibility index (Phi) is 2.63. The molecule has 0 saturated carbocycles.